The van der Waals surface area contributed by atoms with Gasteiger partial charge in [0, 0.05) is 15.8 Å². The molecule has 0 saturated heterocycles. The van der Waals surface area contributed by atoms with E-state index in [9.17, 15) is 4.79 Å². The van der Waals surface area contributed by atoms with E-state index in [0.717, 1.165) is 43.4 Å². The van der Waals surface area contributed by atoms with Gasteiger partial charge in [0.25, 0.3) is 5.91 Å². The number of aryl methyl sites for hydroxylation is 1. The van der Waals surface area contributed by atoms with Crippen molar-refractivity contribution >= 4 is 44.6 Å². The number of rotatable bonds is 5. The quantitative estimate of drug-likeness (QED) is 0.321. The molecule has 2 aromatic carbocycles. The molecule has 1 amide bonds. The average Bonchev–Trinajstić information content (AvgIpc) is 3.48. The fourth-order valence-electron chi connectivity index (χ4n) is 3.54. The predicted octanol–water partition coefficient (Wildman–Crippen LogP) is 6.66. The molecular formula is C25H19N3O2S2. The Morgan fingerprint density at radius 3 is 2.56 bits per heavy atom. The van der Waals surface area contributed by atoms with Crippen LogP contribution in [0, 0.1) is 6.92 Å². The first-order valence-corrected chi connectivity index (χ1v) is 11.7. The Labute approximate surface area is 193 Å². The van der Waals surface area contributed by atoms with Crippen LogP contribution in [0.1, 0.15) is 15.2 Å². The maximum atomic E-state index is 13.3. The molecule has 0 atom stereocenters. The molecule has 0 aliphatic heterocycles. The highest BCUT2D eigenvalue weighted by molar-refractivity contribution is 7.16. The number of fused-ring (bicyclic) bond motifs is 1. The summed E-state index contributed by atoms with van der Waals surface area (Å²) in [5.74, 6) is 0.595. The number of carbonyl (C=O) groups excluding carboxylic acids is 1. The molecule has 3 aromatic heterocycles. The number of thiophene rings is 1. The molecule has 1 N–H and O–H groups in total. The molecule has 32 heavy (non-hydrogen) atoms. The van der Waals surface area contributed by atoms with Crippen molar-refractivity contribution in [3.8, 4) is 27.6 Å². The monoisotopic (exact) mass is 457 g/mol. The first kappa shape index (κ1) is 20.4. The minimum atomic E-state index is -0.198. The van der Waals surface area contributed by atoms with Crippen LogP contribution in [0.2, 0.25) is 0 Å². The number of ether oxygens (including phenoxy) is 1. The van der Waals surface area contributed by atoms with Crippen LogP contribution in [-0.4, -0.2) is 23.0 Å². The third-order valence-electron chi connectivity index (χ3n) is 5.11. The first-order chi connectivity index (χ1) is 15.6. The molecule has 0 fully saturated rings. The molecule has 0 bridgehead atoms. The molecule has 0 aliphatic rings. The van der Waals surface area contributed by atoms with Crippen molar-refractivity contribution in [1.29, 1.82) is 0 Å². The van der Waals surface area contributed by atoms with Gasteiger partial charge in [-0.15, -0.1) is 22.7 Å². The van der Waals surface area contributed by atoms with Gasteiger partial charge in [0.2, 0.25) is 0 Å². The molecule has 7 heteroatoms. The van der Waals surface area contributed by atoms with E-state index in [-0.39, 0.29) is 5.91 Å². The van der Waals surface area contributed by atoms with Gasteiger partial charge >= 0.3 is 0 Å². The molecule has 0 unspecified atom stereocenters. The summed E-state index contributed by atoms with van der Waals surface area (Å²) in [4.78, 5) is 24.8. The van der Waals surface area contributed by atoms with Crippen molar-refractivity contribution in [3.63, 3.8) is 0 Å². The molecule has 5 nitrogen and oxygen atoms in total. The standard InChI is InChI=1S/C25H19N3O2S2/c1-15-23(16-9-11-17(30-2)12-10-16)27-25(32-15)28-24(29)19-14-21(22-8-5-13-31-22)26-20-7-4-3-6-18(19)20/h3-14H,1-2H3,(H,27,28,29). The number of aromatic nitrogens is 2. The van der Waals surface area contributed by atoms with Crippen molar-refractivity contribution in [2.45, 2.75) is 6.92 Å². The van der Waals surface area contributed by atoms with Gasteiger partial charge < -0.3 is 4.74 Å². The van der Waals surface area contributed by atoms with Gasteiger partial charge in [0.1, 0.15) is 5.75 Å². The maximum Gasteiger partial charge on any atom is 0.258 e. The van der Waals surface area contributed by atoms with Gasteiger partial charge in [-0.25, -0.2) is 9.97 Å². The van der Waals surface area contributed by atoms with Gasteiger partial charge in [-0.05, 0) is 54.8 Å². The number of hydrogen-bond donors (Lipinski definition) is 1. The van der Waals surface area contributed by atoms with Crippen LogP contribution in [0.5, 0.6) is 5.75 Å². The summed E-state index contributed by atoms with van der Waals surface area (Å²) >= 11 is 3.06. The largest absolute Gasteiger partial charge is 0.497 e. The number of anilines is 1. The van der Waals surface area contributed by atoms with Crippen LogP contribution in [0.15, 0.2) is 72.1 Å². The number of amides is 1. The van der Waals surface area contributed by atoms with Crippen molar-refractivity contribution in [1.82, 2.24) is 9.97 Å². The Hall–Kier alpha value is -3.55. The number of benzene rings is 2. The van der Waals surface area contributed by atoms with Crippen molar-refractivity contribution < 1.29 is 9.53 Å². The third-order valence-corrected chi connectivity index (χ3v) is 6.89. The van der Waals surface area contributed by atoms with Gasteiger partial charge in [-0.3, -0.25) is 10.1 Å². The van der Waals surface area contributed by atoms with Gasteiger partial charge in [-0.1, -0.05) is 24.3 Å². The first-order valence-electron chi connectivity index (χ1n) is 9.99. The molecule has 5 aromatic rings. The summed E-state index contributed by atoms with van der Waals surface area (Å²) in [6.07, 6.45) is 0. The van der Waals surface area contributed by atoms with Gasteiger partial charge in [0.05, 0.1) is 34.5 Å². The Morgan fingerprint density at radius 2 is 1.81 bits per heavy atom. The molecule has 0 aliphatic carbocycles. The number of hydrogen-bond acceptors (Lipinski definition) is 6. The minimum absolute atomic E-state index is 0.198. The highest BCUT2D eigenvalue weighted by atomic mass is 32.1. The number of para-hydroxylation sites is 1. The second-order valence-corrected chi connectivity index (χ2v) is 9.31. The fourth-order valence-corrected chi connectivity index (χ4v) is 5.06. The average molecular weight is 458 g/mol. The number of thiazole rings is 1. The third kappa shape index (κ3) is 3.88. The Morgan fingerprint density at radius 1 is 1.00 bits per heavy atom. The normalized spacial score (nSPS) is 10.9. The van der Waals surface area contributed by atoms with E-state index in [1.807, 2.05) is 79.0 Å². The number of methoxy groups -OCH3 is 1. The molecular weight excluding hydrogens is 438 g/mol. The number of nitrogens with one attached hydrogen (secondary N) is 1. The van der Waals surface area contributed by atoms with Crippen molar-refractivity contribution in [3.05, 3.63) is 82.6 Å². The minimum Gasteiger partial charge on any atom is -0.497 e. The summed E-state index contributed by atoms with van der Waals surface area (Å²) in [5.41, 5.74) is 4.00. The van der Waals surface area contributed by atoms with Gasteiger partial charge in [0.15, 0.2) is 5.13 Å². The highest BCUT2D eigenvalue weighted by Gasteiger charge is 2.17. The fraction of sp³-hybridized carbons (Fsp3) is 0.0800. The molecule has 5 rings (SSSR count). The molecule has 158 valence electrons. The number of pyridine rings is 1. The van der Waals surface area contributed by atoms with Crippen LogP contribution in [0.4, 0.5) is 5.13 Å². The molecule has 0 saturated carbocycles. The van der Waals surface area contributed by atoms with E-state index >= 15 is 0 Å². The zero-order valence-electron chi connectivity index (χ0n) is 17.5. The Balaban J connectivity index is 1.49. The maximum absolute atomic E-state index is 13.3. The van der Waals surface area contributed by atoms with E-state index in [0.29, 0.717) is 10.7 Å². The van der Waals surface area contributed by atoms with Crippen LogP contribution in [0.3, 0.4) is 0 Å². The summed E-state index contributed by atoms with van der Waals surface area (Å²) < 4.78 is 5.23. The smallest absolute Gasteiger partial charge is 0.258 e. The van der Waals surface area contributed by atoms with Crippen molar-refractivity contribution in [2.75, 3.05) is 12.4 Å². The van der Waals surface area contributed by atoms with Gasteiger partial charge in [-0.2, -0.15) is 0 Å². The molecule has 0 radical (unpaired) electrons. The lowest BCUT2D eigenvalue weighted by Gasteiger charge is -2.08. The Kier molecular flexibility index (Phi) is 5.43. The molecule has 0 spiro atoms. The summed E-state index contributed by atoms with van der Waals surface area (Å²) in [5, 5.41) is 6.38. The van der Waals surface area contributed by atoms with Crippen LogP contribution >= 0.6 is 22.7 Å². The lowest BCUT2D eigenvalue weighted by atomic mass is 10.1. The van der Waals surface area contributed by atoms with E-state index in [1.54, 1.807) is 18.4 Å². The molecule has 3 heterocycles. The van der Waals surface area contributed by atoms with Crippen LogP contribution in [-0.2, 0) is 0 Å². The van der Waals surface area contributed by atoms with Crippen molar-refractivity contribution in [2.24, 2.45) is 0 Å². The second kappa shape index (κ2) is 8.53. The topological polar surface area (TPSA) is 64.1 Å². The highest BCUT2D eigenvalue weighted by Crippen LogP contribution is 2.33. The predicted molar refractivity (Wildman–Crippen MR) is 132 cm³/mol. The van der Waals surface area contributed by atoms with Crippen LogP contribution < -0.4 is 10.1 Å². The Bertz CT molecular complexity index is 1410. The van der Waals surface area contributed by atoms with E-state index in [2.05, 4.69) is 10.3 Å². The summed E-state index contributed by atoms with van der Waals surface area (Å²) in [7, 11) is 1.64. The number of nitrogens with zero attached hydrogens (tertiary/aromatic N) is 2. The second-order valence-electron chi connectivity index (χ2n) is 7.16. The lowest BCUT2D eigenvalue weighted by molar-refractivity contribution is 0.102. The van der Waals surface area contributed by atoms with E-state index in [4.69, 9.17) is 9.72 Å². The van der Waals surface area contributed by atoms with E-state index in [1.165, 1.54) is 11.3 Å². The summed E-state index contributed by atoms with van der Waals surface area (Å²) in [6, 6.07) is 21.3. The number of carbonyl (C=O) groups is 1. The van der Waals surface area contributed by atoms with Crippen LogP contribution in [0.25, 0.3) is 32.7 Å². The van der Waals surface area contributed by atoms with E-state index < -0.39 is 0 Å². The zero-order chi connectivity index (χ0) is 22.1. The lowest BCUT2D eigenvalue weighted by Crippen LogP contribution is -2.13. The SMILES string of the molecule is COc1ccc(-c2nc(NC(=O)c3cc(-c4cccs4)nc4ccccc34)sc2C)cc1. The zero-order valence-corrected chi connectivity index (χ0v) is 19.1. The summed E-state index contributed by atoms with van der Waals surface area (Å²) in [6.45, 7) is 2.00.